The molecule has 1 aliphatic heterocycles. The van der Waals surface area contributed by atoms with E-state index in [-0.39, 0.29) is 5.91 Å². The van der Waals surface area contributed by atoms with Gasteiger partial charge in [0.15, 0.2) is 6.10 Å². The number of halogens is 2. The lowest BCUT2D eigenvalue weighted by Gasteiger charge is -2.15. The van der Waals surface area contributed by atoms with E-state index in [1.165, 1.54) is 11.1 Å². The first-order valence-electron chi connectivity index (χ1n) is 7.73. The van der Waals surface area contributed by atoms with E-state index in [0.717, 1.165) is 18.7 Å². The molecule has 0 aromatic heterocycles. The van der Waals surface area contributed by atoms with Gasteiger partial charge in [0.2, 0.25) is 0 Å². The second-order valence-electron chi connectivity index (χ2n) is 5.79. The largest absolute Gasteiger partial charge is 0.481 e. The van der Waals surface area contributed by atoms with Crippen LogP contribution in [-0.4, -0.2) is 12.0 Å². The normalized spacial score (nSPS) is 14.1. The number of nitrogens with one attached hydrogen (secondary N) is 2. The van der Waals surface area contributed by atoms with Crippen molar-refractivity contribution in [3.8, 4) is 5.75 Å². The smallest absolute Gasteiger partial charge is 0.261 e. The molecule has 1 amide bonds. The van der Waals surface area contributed by atoms with Crippen LogP contribution in [0.1, 0.15) is 23.6 Å². The molecule has 1 atom stereocenters. The molecule has 2 aromatic carbocycles. The average Bonchev–Trinajstić information content (AvgIpc) is 2.99. The SMILES string of the molecule is CC(Oc1cc(Cl)cc(Cl)c1)C(=O)NCc1ccc2c(c1)CNC2. The second kappa shape index (κ2) is 7.43. The number of rotatable bonds is 5. The molecule has 1 heterocycles. The lowest BCUT2D eigenvalue weighted by Crippen LogP contribution is -2.35. The zero-order valence-corrected chi connectivity index (χ0v) is 14.7. The molecule has 6 heteroatoms. The average molecular weight is 365 g/mol. The number of carbonyl (C=O) groups excluding carboxylic acids is 1. The zero-order valence-electron chi connectivity index (χ0n) is 13.2. The van der Waals surface area contributed by atoms with Gasteiger partial charge in [-0.05, 0) is 41.8 Å². The first kappa shape index (κ1) is 17.1. The first-order chi connectivity index (χ1) is 11.5. The fourth-order valence-corrected chi connectivity index (χ4v) is 3.15. The van der Waals surface area contributed by atoms with Crippen LogP contribution in [0.2, 0.25) is 10.0 Å². The minimum absolute atomic E-state index is 0.190. The van der Waals surface area contributed by atoms with Gasteiger partial charge < -0.3 is 15.4 Å². The molecule has 0 saturated heterocycles. The summed E-state index contributed by atoms with van der Waals surface area (Å²) in [5, 5.41) is 7.13. The van der Waals surface area contributed by atoms with E-state index in [2.05, 4.69) is 22.8 Å². The molecule has 0 bridgehead atoms. The predicted octanol–water partition coefficient (Wildman–Crippen LogP) is 3.68. The molecule has 24 heavy (non-hydrogen) atoms. The summed E-state index contributed by atoms with van der Waals surface area (Å²) in [4.78, 5) is 12.2. The highest BCUT2D eigenvalue weighted by atomic mass is 35.5. The molecule has 2 aromatic rings. The fraction of sp³-hybridized carbons (Fsp3) is 0.278. The van der Waals surface area contributed by atoms with E-state index in [1.807, 2.05) is 6.07 Å². The third kappa shape index (κ3) is 4.20. The maximum atomic E-state index is 12.2. The lowest BCUT2D eigenvalue weighted by atomic mass is 10.1. The molecule has 2 N–H and O–H groups in total. The van der Waals surface area contributed by atoms with Crippen molar-refractivity contribution in [2.75, 3.05) is 0 Å². The van der Waals surface area contributed by atoms with Crippen LogP contribution in [0.5, 0.6) is 5.75 Å². The van der Waals surface area contributed by atoms with Crippen molar-refractivity contribution < 1.29 is 9.53 Å². The van der Waals surface area contributed by atoms with Crippen LogP contribution >= 0.6 is 23.2 Å². The minimum Gasteiger partial charge on any atom is -0.481 e. The summed E-state index contributed by atoms with van der Waals surface area (Å²) < 4.78 is 5.61. The van der Waals surface area contributed by atoms with Gasteiger partial charge in [0.05, 0.1) is 0 Å². The van der Waals surface area contributed by atoms with E-state index in [9.17, 15) is 4.79 Å². The number of hydrogen-bond donors (Lipinski definition) is 2. The molecule has 126 valence electrons. The van der Waals surface area contributed by atoms with Crippen LogP contribution in [0.3, 0.4) is 0 Å². The van der Waals surface area contributed by atoms with E-state index < -0.39 is 6.10 Å². The quantitative estimate of drug-likeness (QED) is 0.850. The van der Waals surface area contributed by atoms with Gasteiger partial charge in [-0.2, -0.15) is 0 Å². The summed E-state index contributed by atoms with van der Waals surface area (Å²) in [5.41, 5.74) is 3.68. The Labute approximate surface area is 151 Å². The summed E-state index contributed by atoms with van der Waals surface area (Å²) in [6, 6.07) is 11.1. The van der Waals surface area contributed by atoms with Gasteiger partial charge in [-0.3, -0.25) is 4.79 Å². The second-order valence-corrected chi connectivity index (χ2v) is 6.66. The Morgan fingerprint density at radius 2 is 1.88 bits per heavy atom. The Hall–Kier alpha value is -1.75. The van der Waals surface area contributed by atoms with Gasteiger partial charge in [-0.15, -0.1) is 0 Å². The Bertz CT molecular complexity index is 744. The van der Waals surface area contributed by atoms with Gasteiger partial charge >= 0.3 is 0 Å². The van der Waals surface area contributed by atoms with Crippen molar-refractivity contribution in [2.24, 2.45) is 0 Å². The van der Waals surface area contributed by atoms with Crippen molar-refractivity contribution >= 4 is 29.1 Å². The first-order valence-corrected chi connectivity index (χ1v) is 8.49. The fourth-order valence-electron chi connectivity index (χ4n) is 2.65. The number of benzene rings is 2. The van der Waals surface area contributed by atoms with Gasteiger partial charge in [0.1, 0.15) is 5.75 Å². The van der Waals surface area contributed by atoms with E-state index in [1.54, 1.807) is 25.1 Å². The predicted molar refractivity (Wildman–Crippen MR) is 95.4 cm³/mol. The van der Waals surface area contributed by atoms with Crippen LogP contribution in [0.4, 0.5) is 0 Å². The highest BCUT2D eigenvalue weighted by molar-refractivity contribution is 6.34. The standard InChI is InChI=1S/C18H18Cl2N2O2/c1-11(24-17-6-15(19)5-16(20)7-17)18(23)22-8-12-2-3-13-9-21-10-14(13)4-12/h2-7,11,21H,8-10H2,1H3,(H,22,23). The maximum absolute atomic E-state index is 12.2. The maximum Gasteiger partial charge on any atom is 0.261 e. The molecular weight excluding hydrogens is 347 g/mol. The summed E-state index contributed by atoms with van der Waals surface area (Å²) in [7, 11) is 0. The van der Waals surface area contributed by atoms with E-state index >= 15 is 0 Å². The summed E-state index contributed by atoms with van der Waals surface area (Å²) in [5.74, 6) is 0.281. The molecule has 0 aliphatic carbocycles. The van der Waals surface area contributed by atoms with Crippen LogP contribution in [0.15, 0.2) is 36.4 Å². The van der Waals surface area contributed by atoms with Gasteiger partial charge in [0.25, 0.3) is 5.91 Å². The van der Waals surface area contributed by atoms with Gasteiger partial charge in [-0.1, -0.05) is 41.4 Å². The van der Waals surface area contributed by atoms with Gasteiger partial charge in [0, 0.05) is 29.7 Å². The van der Waals surface area contributed by atoms with Crippen molar-refractivity contribution in [3.05, 3.63) is 63.1 Å². The van der Waals surface area contributed by atoms with Crippen LogP contribution < -0.4 is 15.4 Å². The highest BCUT2D eigenvalue weighted by Crippen LogP contribution is 2.25. The number of carbonyl (C=O) groups is 1. The van der Waals surface area contributed by atoms with Crippen molar-refractivity contribution in [1.82, 2.24) is 10.6 Å². The summed E-state index contributed by atoms with van der Waals surface area (Å²) in [6.07, 6.45) is -0.643. The number of amides is 1. The van der Waals surface area contributed by atoms with Crippen LogP contribution in [0, 0.1) is 0 Å². The molecule has 0 fully saturated rings. The molecule has 1 unspecified atom stereocenters. The van der Waals surface area contributed by atoms with Crippen molar-refractivity contribution in [1.29, 1.82) is 0 Å². The zero-order chi connectivity index (χ0) is 17.1. The Kier molecular flexibility index (Phi) is 5.29. The molecule has 0 radical (unpaired) electrons. The van der Waals surface area contributed by atoms with Crippen LogP contribution in [-0.2, 0) is 24.4 Å². The monoisotopic (exact) mass is 364 g/mol. The number of hydrogen-bond acceptors (Lipinski definition) is 3. The molecule has 0 saturated carbocycles. The summed E-state index contributed by atoms with van der Waals surface area (Å²) >= 11 is 11.9. The Balaban J connectivity index is 1.56. The highest BCUT2D eigenvalue weighted by Gasteiger charge is 2.16. The Morgan fingerprint density at radius 1 is 1.17 bits per heavy atom. The molecule has 0 spiro atoms. The van der Waals surface area contributed by atoms with E-state index in [0.29, 0.717) is 22.3 Å². The third-order valence-corrected chi connectivity index (χ3v) is 4.32. The minimum atomic E-state index is -0.643. The van der Waals surface area contributed by atoms with Crippen molar-refractivity contribution in [2.45, 2.75) is 32.7 Å². The topological polar surface area (TPSA) is 50.4 Å². The van der Waals surface area contributed by atoms with Gasteiger partial charge in [-0.25, -0.2) is 0 Å². The molecule has 1 aliphatic rings. The number of ether oxygens (including phenoxy) is 1. The molecule has 3 rings (SSSR count). The summed E-state index contributed by atoms with van der Waals surface area (Å²) in [6.45, 7) is 3.95. The number of fused-ring (bicyclic) bond motifs is 1. The molecule has 4 nitrogen and oxygen atoms in total. The van der Waals surface area contributed by atoms with Crippen molar-refractivity contribution in [3.63, 3.8) is 0 Å². The lowest BCUT2D eigenvalue weighted by molar-refractivity contribution is -0.127. The Morgan fingerprint density at radius 3 is 2.62 bits per heavy atom. The van der Waals surface area contributed by atoms with Crippen LogP contribution in [0.25, 0.3) is 0 Å². The third-order valence-electron chi connectivity index (χ3n) is 3.89. The molecular formula is C18H18Cl2N2O2. The van der Waals surface area contributed by atoms with E-state index in [4.69, 9.17) is 27.9 Å².